The van der Waals surface area contributed by atoms with Crippen molar-refractivity contribution in [2.45, 2.75) is 31.5 Å². The van der Waals surface area contributed by atoms with Crippen molar-refractivity contribution in [1.29, 1.82) is 0 Å². The minimum absolute atomic E-state index is 0.0908. The van der Waals surface area contributed by atoms with Crippen molar-refractivity contribution in [1.82, 2.24) is 14.8 Å². The molecule has 5 rings (SSSR count). The van der Waals surface area contributed by atoms with E-state index < -0.39 is 78.6 Å². The average Bonchev–Trinajstić information content (AvgIpc) is 3.43. The molecule has 4 aromatic rings. The number of esters is 4. The Bertz CT molecular complexity index is 1860. The predicted molar refractivity (Wildman–Crippen MR) is 166 cm³/mol. The zero-order valence-corrected chi connectivity index (χ0v) is 25.5. The second kappa shape index (κ2) is 15.5. The highest BCUT2D eigenvalue weighted by molar-refractivity contribution is 5.91. The number of nitrogens with one attached hydrogen (secondary N) is 2. The number of aromatic nitrogens is 3. The summed E-state index contributed by atoms with van der Waals surface area (Å²) in [4.78, 5) is 79.2. The number of aromatic amines is 1. The van der Waals surface area contributed by atoms with Gasteiger partial charge in [-0.25, -0.2) is 19.2 Å². The third-order valence-corrected chi connectivity index (χ3v) is 6.98. The molecule has 2 N–H and O–H groups in total. The van der Waals surface area contributed by atoms with E-state index in [-0.39, 0.29) is 23.3 Å². The normalized spacial score (nSPS) is 18.4. The molecule has 1 aliphatic heterocycles. The highest BCUT2D eigenvalue weighted by atomic mass is 16.7. The van der Waals surface area contributed by atoms with E-state index in [1.807, 2.05) is 0 Å². The number of nitrogens with zero attached hydrogens (tertiary/aromatic N) is 2. The maximum atomic E-state index is 13.3. The molecule has 2 heterocycles. The molecule has 0 saturated carbocycles. The van der Waals surface area contributed by atoms with Crippen molar-refractivity contribution in [3.63, 3.8) is 0 Å². The third kappa shape index (κ3) is 8.00. The van der Waals surface area contributed by atoms with E-state index in [2.05, 4.69) is 15.4 Å². The van der Waals surface area contributed by atoms with Gasteiger partial charge in [-0.3, -0.25) is 14.6 Å². The van der Waals surface area contributed by atoms with Gasteiger partial charge in [0.1, 0.15) is 19.3 Å². The van der Waals surface area contributed by atoms with Crippen LogP contribution in [0, 0.1) is 0 Å². The zero-order chi connectivity index (χ0) is 34.0. The van der Waals surface area contributed by atoms with Crippen LogP contribution in [0.1, 0.15) is 44.2 Å². The topological polar surface area (TPSA) is 194 Å². The number of carbonyl (C=O) groups excluding carboxylic acids is 4. The fourth-order valence-corrected chi connectivity index (χ4v) is 4.72. The molecule has 0 unspecified atom stereocenters. The molecule has 1 saturated heterocycles. The van der Waals surface area contributed by atoms with Crippen LogP contribution in [0.5, 0.6) is 0 Å². The second-order valence-electron chi connectivity index (χ2n) is 10.2. The van der Waals surface area contributed by atoms with Crippen molar-refractivity contribution in [2.24, 2.45) is 0 Å². The van der Waals surface area contributed by atoms with E-state index in [0.29, 0.717) is 4.68 Å². The van der Waals surface area contributed by atoms with Crippen molar-refractivity contribution in [3.8, 4) is 0 Å². The summed E-state index contributed by atoms with van der Waals surface area (Å²) in [5.41, 5.74) is -1.53. The first kappa shape index (κ1) is 33.3. The molecule has 15 heteroatoms. The Morgan fingerprint density at radius 3 is 1.83 bits per heavy atom. The molecule has 48 heavy (non-hydrogen) atoms. The lowest BCUT2D eigenvalue weighted by Crippen LogP contribution is -2.44. The van der Waals surface area contributed by atoms with Gasteiger partial charge in [0.15, 0.2) is 18.4 Å². The lowest BCUT2D eigenvalue weighted by Gasteiger charge is -2.24. The first-order valence-electron chi connectivity index (χ1n) is 14.8. The van der Waals surface area contributed by atoms with Gasteiger partial charge in [0, 0.05) is 0 Å². The summed E-state index contributed by atoms with van der Waals surface area (Å²) in [6.07, 6.45) is -5.96. The van der Waals surface area contributed by atoms with Crippen molar-refractivity contribution in [3.05, 3.63) is 129 Å². The van der Waals surface area contributed by atoms with Crippen LogP contribution < -0.4 is 16.6 Å². The van der Waals surface area contributed by atoms with E-state index in [1.165, 1.54) is 36.4 Å². The van der Waals surface area contributed by atoms with Crippen molar-refractivity contribution >= 4 is 29.7 Å². The Morgan fingerprint density at radius 2 is 1.29 bits per heavy atom. The Balaban J connectivity index is 1.53. The summed E-state index contributed by atoms with van der Waals surface area (Å²) < 4.78 is 28.8. The quantitative estimate of drug-likeness (QED) is 0.166. The molecule has 15 nitrogen and oxygen atoms in total. The number of anilines is 1. The van der Waals surface area contributed by atoms with Gasteiger partial charge in [-0.2, -0.15) is 4.68 Å². The smallest absolute Gasteiger partial charge is 0.347 e. The van der Waals surface area contributed by atoms with Crippen LogP contribution in [0.15, 0.2) is 101 Å². The molecular weight excluding hydrogens is 628 g/mol. The number of benzene rings is 3. The lowest BCUT2D eigenvalue weighted by molar-refractivity contribution is -0.140. The maximum Gasteiger partial charge on any atom is 0.347 e. The van der Waals surface area contributed by atoms with Crippen LogP contribution in [-0.2, 0) is 28.5 Å². The first-order chi connectivity index (χ1) is 23.2. The van der Waals surface area contributed by atoms with Crippen LogP contribution in [0.3, 0.4) is 0 Å². The van der Waals surface area contributed by atoms with E-state index >= 15 is 0 Å². The number of carbonyl (C=O) groups is 4. The number of H-pyrrole nitrogens is 1. The Kier molecular flexibility index (Phi) is 10.7. The van der Waals surface area contributed by atoms with Gasteiger partial charge in [0.25, 0.3) is 5.56 Å². The first-order valence-corrected chi connectivity index (χ1v) is 14.8. The van der Waals surface area contributed by atoms with E-state index in [9.17, 15) is 28.8 Å². The highest BCUT2D eigenvalue weighted by Crippen LogP contribution is 2.34. The highest BCUT2D eigenvalue weighted by Gasteiger charge is 2.52. The van der Waals surface area contributed by atoms with Crippen LogP contribution in [0.25, 0.3) is 0 Å². The van der Waals surface area contributed by atoms with Crippen LogP contribution >= 0.6 is 0 Å². The monoisotopic (exact) mass is 658 g/mol. The third-order valence-electron chi connectivity index (χ3n) is 6.98. The standard InChI is InChI=1S/C33H30N4O11/c1-2-44-24(38)18-34-27-28(39)35-33(43)37(36-27)29-26(48-32(42)22-16-10-5-11-17-22)25(47-31(41)21-14-8-4-9-15-21)23(46-29)19-45-30(40)20-12-6-3-7-13-20/h3-17,23,25-26,29H,2,18-19H2,1H3,(H,34,36)(H,35,39,43)/t23-,25-,26-,29-/m1/s1. The fourth-order valence-electron chi connectivity index (χ4n) is 4.72. The van der Waals surface area contributed by atoms with Crippen LogP contribution in [0.4, 0.5) is 5.82 Å². The largest absolute Gasteiger partial charge is 0.465 e. The van der Waals surface area contributed by atoms with E-state index in [1.54, 1.807) is 61.5 Å². The summed E-state index contributed by atoms with van der Waals surface area (Å²) in [7, 11) is 0. The van der Waals surface area contributed by atoms with E-state index in [4.69, 9.17) is 23.7 Å². The average molecular weight is 659 g/mol. The summed E-state index contributed by atoms with van der Waals surface area (Å²) >= 11 is 0. The van der Waals surface area contributed by atoms with Gasteiger partial charge >= 0.3 is 29.6 Å². The lowest BCUT2D eigenvalue weighted by atomic mass is 10.1. The Labute approximate surface area is 272 Å². The molecule has 0 amide bonds. The Morgan fingerprint density at radius 1 is 0.771 bits per heavy atom. The summed E-state index contributed by atoms with van der Waals surface area (Å²) in [6, 6.07) is 23.9. The van der Waals surface area contributed by atoms with Crippen molar-refractivity contribution < 1.29 is 42.9 Å². The van der Waals surface area contributed by atoms with Gasteiger partial charge in [-0.1, -0.05) is 54.6 Å². The minimum Gasteiger partial charge on any atom is -0.465 e. The number of hydrogen-bond acceptors (Lipinski definition) is 13. The summed E-state index contributed by atoms with van der Waals surface area (Å²) in [5.74, 6) is -3.58. The maximum absolute atomic E-state index is 13.3. The molecule has 248 valence electrons. The zero-order valence-electron chi connectivity index (χ0n) is 25.5. The summed E-state index contributed by atoms with van der Waals surface area (Å²) in [5, 5.41) is 6.54. The molecule has 0 spiro atoms. The minimum atomic E-state index is -1.63. The van der Waals surface area contributed by atoms with Gasteiger partial charge in [0.05, 0.1) is 23.3 Å². The number of rotatable bonds is 12. The van der Waals surface area contributed by atoms with Crippen molar-refractivity contribution in [2.75, 3.05) is 25.1 Å². The van der Waals surface area contributed by atoms with Crippen LogP contribution in [-0.4, -0.2) is 76.7 Å². The molecule has 3 aromatic carbocycles. The molecule has 0 radical (unpaired) electrons. The second-order valence-corrected chi connectivity index (χ2v) is 10.2. The van der Waals surface area contributed by atoms with Gasteiger partial charge < -0.3 is 29.0 Å². The molecule has 1 fully saturated rings. The molecule has 0 aliphatic carbocycles. The molecule has 0 bridgehead atoms. The SMILES string of the molecule is CCOC(=O)CNc1nn([C@@H]2O[C@H](COC(=O)c3ccccc3)[C@@H](OC(=O)c3ccccc3)[C@H]2OC(=O)c2ccccc2)c(=O)[nH]c1=O. The van der Waals surface area contributed by atoms with Crippen LogP contribution in [0.2, 0.25) is 0 Å². The summed E-state index contributed by atoms with van der Waals surface area (Å²) in [6.45, 7) is 0.720. The molecule has 4 atom stereocenters. The molecule has 1 aromatic heterocycles. The van der Waals surface area contributed by atoms with E-state index in [0.717, 1.165) is 0 Å². The fraction of sp³-hybridized carbons (Fsp3) is 0.242. The number of ether oxygens (including phenoxy) is 5. The number of hydrogen-bond donors (Lipinski definition) is 2. The Hall–Kier alpha value is -6.09. The van der Waals surface area contributed by atoms with Gasteiger partial charge in [-0.05, 0) is 43.3 Å². The van der Waals surface area contributed by atoms with Gasteiger partial charge in [0.2, 0.25) is 5.82 Å². The molecule has 1 aliphatic rings. The van der Waals surface area contributed by atoms with Gasteiger partial charge in [-0.15, -0.1) is 5.10 Å². The molecular formula is C33H30N4O11. The predicted octanol–water partition coefficient (Wildman–Crippen LogP) is 2.11.